The van der Waals surface area contributed by atoms with Crippen molar-refractivity contribution in [3.8, 4) is 0 Å². The maximum absolute atomic E-state index is 11.4. The van der Waals surface area contributed by atoms with E-state index in [0.717, 1.165) is 0 Å². The van der Waals surface area contributed by atoms with Crippen LogP contribution in [0.4, 0.5) is 0 Å². The summed E-state index contributed by atoms with van der Waals surface area (Å²) in [6, 6.07) is 3.31. The molecule has 1 aromatic heterocycles. The van der Waals surface area contributed by atoms with Crippen molar-refractivity contribution in [3.63, 3.8) is 0 Å². The Kier molecular flexibility index (Phi) is 3.12. The first-order valence-electron chi connectivity index (χ1n) is 4.87. The van der Waals surface area contributed by atoms with Crippen LogP contribution in [0.15, 0.2) is 52.4 Å². The van der Waals surface area contributed by atoms with Gasteiger partial charge in [-0.1, -0.05) is 24.3 Å². The topological polar surface area (TPSA) is 65.7 Å². The number of rotatable bonds is 4. The predicted molar refractivity (Wildman–Crippen MR) is 54.7 cm³/mol. The lowest BCUT2D eigenvalue weighted by Gasteiger charge is -2.15. The van der Waals surface area contributed by atoms with Gasteiger partial charge in [0.1, 0.15) is 18.1 Å². The summed E-state index contributed by atoms with van der Waals surface area (Å²) >= 11 is 0. The minimum absolute atomic E-state index is 0.0734. The van der Waals surface area contributed by atoms with Gasteiger partial charge in [0, 0.05) is 0 Å². The van der Waals surface area contributed by atoms with Crippen molar-refractivity contribution in [3.05, 3.63) is 59.5 Å². The van der Waals surface area contributed by atoms with Crippen molar-refractivity contribution >= 4 is 0 Å². The molecule has 2 rings (SSSR count). The maximum atomic E-state index is 11.4. The van der Waals surface area contributed by atoms with Gasteiger partial charge in [0.15, 0.2) is 0 Å². The zero-order chi connectivity index (χ0) is 11.4. The predicted octanol–water partition coefficient (Wildman–Crippen LogP) is 0.986. The Morgan fingerprint density at radius 2 is 1.94 bits per heavy atom. The molecule has 84 valence electrons. The van der Waals surface area contributed by atoms with Gasteiger partial charge < -0.3 is 19.4 Å². The van der Waals surface area contributed by atoms with Crippen LogP contribution in [0.3, 0.4) is 0 Å². The molecule has 1 N–H and O–H groups in total. The Bertz CT molecular complexity index is 437. The molecule has 16 heavy (non-hydrogen) atoms. The zero-order valence-corrected chi connectivity index (χ0v) is 8.55. The molecule has 0 atom stereocenters. The van der Waals surface area contributed by atoms with E-state index in [2.05, 4.69) is 0 Å². The van der Waals surface area contributed by atoms with Crippen LogP contribution in [-0.2, 0) is 18.0 Å². The van der Waals surface area contributed by atoms with Gasteiger partial charge in [-0.25, -0.2) is 0 Å². The highest BCUT2D eigenvalue weighted by molar-refractivity contribution is 5.39. The largest absolute Gasteiger partial charge is 0.605 e. The molecule has 0 aromatic carbocycles. The van der Waals surface area contributed by atoms with Crippen molar-refractivity contribution < 1.29 is 19.4 Å². The van der Waals surface area contributed by atoms with Crippen molar-refractivity contribution in [1.82, 2.24) is 0 Å². The van der Waals surface area contributed by atoms with E-state index >= 15 is 0 Å². The number of furan rings is 1. The number of aliphatic hydroxyl groups is 1. The smallest absolute Gasteiger partial charge is 0.129 e. The molecular formula is C12H11O4-. The van der Waals surface area contributed by atoms with E-state index in [9.17, 15) is 5.11 Å². The van der Waals surface area contributed by atoms with Crippen LogP contribution in [0.1, 0.15) is 11.5 Å². The number of allylic oxidation sites excluding steroid dienone is 5. The van der Waals surface area contributed by atoms with Crippen LogP contribution in [-0.4, -0.2) is 5.11 Å². The molecule has 1 heterocycles. The Balaban J connectivity index is 1.94. The minimum atomic E-state index is -0.382. The monoisotopic (exact) mass is 219 g/mol. The van der Waals surface area contributed by atoms with Crippen LogP contribution >= 0.6 is 0 Å². The summed E-state index contributed by atoms with van der Waals surface area (Å²) in [4.78, 5) is 0. The van der Waals surface area contributed by atoms with Crippen LogP contribution in [0.2, 0.25) is 0 Å². The summed E-state index contributed by atoms with van der Waals surface area (Å²) in [6.07, 6.45) is 6.91. The highest BCUT2D eigenvalue weighted by Gasteiger charge is 2.00. The molecule has 0 bridgehead atoms. The second-order valence-electron chi connectivity index (χ2n) is 3.28. The van der Waals surface area contributed by atoms with E-state index in [1.807, 2.05) is 0 Å². The molecule has 0 aliphatic heterocycles. The highest BCUT2D eigenvalue weighted by Crippen LogP contribution is 2.14. The number of hydrogen-bond acceptors (Lipinski definition) is 4. The quantitative estimate of drug-likeness (QED) is 0.767. The third-order valence-corrected chi connectivity index (χ3v) is 2.12. The standard InChI is InChI=1S/C12H12O4/c13-7-10-5-6-11(16-10)8-15-12(14)9-3-1-2-4-9/h1-6,13-14H,7-8H2/p-1. The average Bonchev–Trinajstić information content (AvgIpc) is 2.96. The molecule has 0 unspecified atom stereocenters. The zero-order valence-electron chi connectivity index (χ0n) is 8.55. The molecule has 1 aliphatic rings. The maximum Gasteiger partial charge on any atom is 0.129 e. The summed E-state index contributed by atoms with van der Waals surface area (Å²) in [5, 5.41) is 20.2. The summed E-state index contributed by atoms with van der Waals surface area (Å²) < 4.78 is 10.2. The third kappa shape index (κ3) is 2.35. The lowest BCUT2D eigenvalue weighted by molar-refractivity contribution is -0.360. The Hall–Kier alpha value is -1.94. The van der Waals surface area contributed by atoms with Gasteiger partial charge in [0.05, 0.1) is 12.6 Å². The van der Waals surface area contributed by atoms with E-state index in [0.29, 0.717) is 17.1 Å². The number of ether oxygens (including phenoxy) is 1. The second-order valence-corrected chi connectivity index (χ2v) is 3.28. The molecule has 0 fully saturated rings. The highest BCUT2D eigenvalue weighted by atomic mass is 16.6. The van der Waals surface area contributed by atoms with Gasteiger partial charge in [-0.3, -0.25) is 0 Å². The van der Waals surface area contributed by atoms with Crippen molar-refractivity contribution in [2.45, 2.75) is 13.2 Å². The first-order valence-corrected chi connectivity index (χ1v) is 4.87. The lowest BCUT2D eigenvalue weighted by Crippen LogP contribution is -2.09. The van der Waals surface area contributed by atoms with Crippen molar-refractivity contribution in [2.24, 2.45) is 0 Å². The summed E-state index contributed by atoms with van der Waals surface area (Å²) in [5.74, 6) is 0.593. The Morgan fingerprint density at radius 1 is 1.25 bits per heavy atom. The van der Waals surface area contributed by atoms with Gasteiger partial charge in [-0.05, 0) is 17.7 Å². The van der Waals surface area contributed by atoms with Gasteiger partial charge in [-0.15, -0.1) is 0 Å². The van der Waals surface area contributed by atoms with Gasteiger partial charge in [0.25, 0.3) is 0 Å². The minimum Gasteiger partial charge on any atom is -0.605 e. The fraction of sp³-hybridized carbons (Fsp3) is 0.167. The van der Waals surface area contributed by atoms with E-state index < -0.39 is 0 Å². The average molecular weight is 219 g/mol. The van der Waals surface area contributed by atoms with Gasteiger partial charge in [0.2, 0.25) is 0 Å². The van der Waals surface area contributed by atoms with E-state index in [1.54, 1.807) is 36.4 Å². The Morgan fingerprint density at radius 3 is 2.56 bits per heavy atom. The molecule has 0 radical (unpaired) electrons. The molecule has 0 saturated carbocycles. The SMILES string of the molecule is [O-]C(OCc1ccc(CO)o1)=C1C=CC=C1. The molecule has 0 spiro atoms. The molecule has 0 saturated heterocycles. The van der Waals surface area contributed by atoms with E-state index in [4.69, 9.17) is 14.3 Å². The fourth-order valence-electron chi connectivity index (χ4n) is 1.31. The normalized spacial score (nSPS) is 13.4. The third-order valence-electron chi connectivity index (χ3n) is 2.12. The van der Waals surface area contributed by atoms with E-state index in [-0.39, 0.29) is 19.2 Å². The first kappa shape index (κ1) is 10.6. The van der Waals surface area contributed by atoms with Gasteiger partial charge in [-0.2, -0.15) is 0 Å². The van der Waals surface area contributed by atoms with Crippen LogP contribution in [0.5, 0.6) is 0 Å². The molecule has 1 aliphatic carbocycles. The first-order chi connectivity index (χ1) is 7.79. The van der Waals surface area contributed by atoms with Crippen molar-refractivity contribution in [1.29, 1.82) is 0 Å². The fourth-order valence-corrected chi connectivity index (χ4v) is 1.31. The van der Waals surface area contributed by atoms with Crippen LogP contribution in [0, 0.1) is 0 Å². The van der Waals surface area contributed by atoms with E-state index in [1.165, 1.54) is 0 Å². The molecule has 4 nitrogen and oxygen atoms in total. The second kappa shape index (κ2) is 4.72. The molecule has 1 aromatic rings. The number of hydrogen-bond donors (Lipinski definition) is 1. The van der Waals surface area contributed by atoms with Gasteiger partial charge >= 0.3 is 0 Å². The molecular weight excluding hydrogens is 208 g/mol. The van der Waals surface area contributed by atoms with Crippen LogP contribution < -0.4 is 5.11 Å². The lowest BCUT2D eigenvalue weighted by atomic mass is 10.3. The Labute approximate surface area is 92.8 Å². The molecule has 4 heteroatoms. The van der Waals surface area contributed by atoms with Crippen molar-refractivity contribution in [2.75, 3.05) is 0 Å². The van der Waals surface area contributed by atoms with Crippen LogP contribution in [0.25, 0.3) is 0 Å². The summed E-state index contributed by atoms with van der Waals surface area (Å²) in [5.41, 5.74) is 0.522. The summed E-state index contributed by atoms with van der Waals surface area (Å²) in [7, 11) is 0. The molecule has 0 amide bonds. The number of aliphatic hydroxyl groups excluding tert-OH is 1. The summed E-state index contributed by atoms with van der Waals surface area (Å²) in [6.45, 7) is -0.0825.